The molecule has 30 heteroatoms. The molecule has 0 spiro atoms. The molecule has 462 valence electrons. The predicted molar refractivity (Wildman–Crippen MR) is 312 cm³/mol. The molecular weight excluding hydrogens is 1110 g/mol. The van der Waals surface area contributed by atoms with Crippen LogP contribution in [0, 0.1) is 5.92 Å². The van der Waals surface area contributed by atoms with Gasteiger partial charge in [-0.2, -0.15) is 12.6 Å². The number of aliphatic imine (C=N–C) groups is 2. The van der Waals surface area contributed by atoms with Crippen molar-refractivity contribution in [3.05, 3.63) is 71.8 Å². The molecule has 9 amide bonds. The van der Waals surface area contributed by atoms with Crippen LogP contribution in [0.5, 0.6) is 0 Å². The lowest BCUT2D eigenvalue weighted by molar-refractivity contribution is -0.148. The molecule has 29 nitrogen and oxygen atoms in total. The van der Waals surface area contributed by atoms with Gasteiger partial charge in [-0.3, -0.25) is 53.1 Å². The zero-order chi connectivity index (χ0) is 62.0. The molecule has 2 heterocycles. The van der Waals surface area contributed by atoms with E-state index in [2.05, 4.69) is 59.8 Å². The summed E-state index contributed by atoms with van der Waals surface area (Å²) < 4.78 is 0. The number of aliphatic carboxylic acids is 1. The molecule has 0 saturated carbocycles. The van der Waals surface area contributed by atoms with Crippen LogP contribution in [0.2, 0.25) is 0 Å². The van der Waals surface area contributed by atoms with Crippen molar-refractivity contribution in [1.82, 2.24) is 47.0 Å². The molecule has 2 aliphatic rings. The quantitative estimate of drug-likeness (QED) is 0.0138. The third-order valence-corrected chi connectivity index (χ3v) is 14.1. The Bertz CT molecular complexity index is 2630. The highest BCUT2D eigenvalue weighted by Gasteiger charge is 2.46. The summed E-state index contributed by atoms with van der Waals surface area (Å²) in [7, 11) is 0. The number of β-amino-alcohol motifs (C(OH)–C–C–N with tert-alkyl or cyclic N) is 1. The number of nitrogens with zero attached hydrogens (tertiary/aromatic N) is 4. The van der Waals surface area contributed by atoms with Gasteiger partial charge in [-0.05, 0) is 62.0 Å². The van der Waals surface area contributed by atoms with Crippen molar-refractivity contribution in [2.45, 2.75) is 139 Å². The number of guanidine groups is 2. The topological polar surface area (TPSA) is 477 Å². The van der Waals surface area contributed by atoms with Gasteiger partial charge in [0.2, 0.25) is 53.2 Å². The fourth-order valence-corrected chi connectivity index (χ4v) is 9.74. The van der Waals surface area contributed by atoms with Crippen LogP contribution in [0.4, 0.5) is 0 Å². The minimum absolute atomic E-state index is 0.0666. The second-order valence-electron chi connectivity index (χ2n) is 20.9. The van der Waals surface area contributed by atoms with Gasteiger partial charge in [-0.15, -0.1) is 0 Å². The lowest BCUT2D eigenvalue weighted by Gasteiger charge is -2.33. The molecule has 10 atom stereocenters. The summed E-state index contributed by atoms with van der Waals surface area (Å²) in [6.45, 7) is 2.03. The zero-order valence-electron chi connectivity index (χ0n) is 47.2. The van der Waals surface area contributed by atoms with E-state index in [4.69, 9.17) is 28.7 Å². The van der Waals surface area contributed by atoms with E-state index in [1.807, 2.05) is 0 Å². The number of nitrogens with two attached hydrogens (primary N) is 5. The number of rotatable bonds is 33. The summed E-state index contributed by atoms with van der Waals surface area (Å²) in [5.41, 5.74) is 29.0. The Morgan fingerprint density at radius 2 is 1.15 bits per heavy atom. The van der Waals surface area contributed by atoms with Crippen molar-refractivity contribution in [1.29, 1.82) is 0 Å². The van der Waals surface area contributed by atoms with Crippen LogP contribution in [0.3, 0.4) is 0 Å². The number of thiol groups is 1. The summed E-state index contributed by atoms with van der Waals surface area (Å²) in [4.78, 5) is 147. The van der Waals surface area contributed by atoms with E-state index in [-0.39, 0.29) is 101 Å². The molecule has 0 unspecified atom stereocenters. The molecule has 2 aromatic rings. The fourth-order valence-electron chi connectivity index (χ4n) is 9.50. The second-order valence-corrected chi connectivity index (χ2v) is 21.3. The first-order valence-corrected chi connectivity index (χ1v) is 28.3. The summed E-state index contributed by atoms with van der Waals surface area (Å²) in [6.07, 6.45) is -0.119. The molecule has 2 fully saturated rings. The number of carbonyl (C=O) groups is 10. The van der Waals surface area contributed by atoms with Crippen molar-refractivity contribution in [3.8, 4) is 0 Å². The van der Waals surface area contributed by atoms with Crippen molar-refractivity contribution in [3.63, 3.8) is 0 Å². The van der Waals surface area contributed by atoms with Crippen LogP contribution < -0.4 is 65.9 Å². The van der Waals surface area contributed by atoms with Gasteiger partial charge in [0.15, 0.2) is 11.9 Å². The molecule has 0 radical (unpaired) electrons. The van der Waals surface area contributed by atoms with Gasteiger partial charge in [0, 0.05) is 51.2 Å². The van der Waals surface area contributed by atoms with E-state index in [1.54, 1.807) is 74.5 Å². The molecule has 0 bridgehead atoms. The average molecular weight is 1200 g/mol. The summed E-state index contributed by atoms with van der Waals surface area (Å²) in [5, 5.41) is 48.5. The lowest BCUT2D eigenvalue weighted by atomic mass is 10.0. The number of hydrogen-bond acceptors (Lipinski definition) is 16. The molecule has 2 aromatic carbocycles. The number of hydrogen-bond donors (Lipinski definition) is 16. The standard InChI is InChI=1S/C54H82N16O13S/c1-30(2)22-36(45(75)68-40(29-84)52(82)83)65-47(77)38(24-32-14-7-4-8-15-32)66-48(78)39(28-71)67-46(76)37(23-31-12-5-3-6-13-31)63-43(73)26-62-49(79)42-25-33(72)27-70(42)51(81)41-18-11-21-69(41)50(80)35(17-10-20-61-54(58)59)64-44(74)34(55)16-9-19-60-53(56)57/h3-8,12-15,30,33-42,71-72,84H,9-11,16-29,55H2,1-2H3,(H,62,79)(H,63,73)(H,64,74)(H,65,77)(H,66,78)(H,67,76)(H,68,75)(H,82,83)(H4,56,57,60)(H4,58,59,61)/t33-,34-,35+,36+,37+,38-,39+,40+,41+,42+/m1/s1. The van der Waals surface area contributed by atoms with Crippen LogP contribution in [-0.4, -0.2) is 202 Å². The molecule has 20 N–H and O–H groups in total. The van der Waals surface area contributed by atoms with Gasteiger partial charge in [-0.1, -0.05) is 74.5 Å². The van der Waals surface area contributed by atoms with E-state index in [0.717, 1.165) is 4.90 Å². The molecule has 0 aliphatic carbocycles. The summed E-state index contributed by atoms with van der Waals surface area (Å²) in [6, 6.07) is 5.19. The Kier molecular flexibility index (Phi) is 28.1. The van der Waals surface area contributed by atoms with Crippen molar-refractivity contribution in [2.24, 2.45) is 44.6 Å². The van der Waals surface area contributed by atoms with Gasteiger partial charge in [0.25, 0.3) is 0 Å². The van der Waals surface area contributed by atoms with Gasteiger partial charge in [0.1, 0.15) is 48.3 Å². The Labute approximate surface area is 492 Å². The number of amides is 9. The number of carboxylic acid groups (broad SMARTS) is 1. The van der Waals surface area contributed by atoms with Crippen molar-refractivity contribution < 1.29 is 63.3 Å². The monoisotopic (exact) mass is 1190 g/mol. The van der Waals surface area contributed by atoms with E-state index in [1.165, 1.54) is 4.90 Å². The zero-order valence-corrected chi connectivity index (χ0v) is 48.1. The lowest BCUT2D eigenvalue weighted by Crippen LogP contribution is -2.60. The van der Waals surface area contributed by atoms with E-state index >= 15 is 0 Å². The largest absolute Gasteiger partial charge is 0.480 e. The summed E-state index contributed by atoms with van der Waals surface area (Å²) >= 11 is 4.00. The Hall–Kier alpha value is -8.09. The molecule has 2 aliphatic heterocycles. The maximum atomic E-state index is 14.4. The third kappa shape index (κ3) is 22.2. The SMILES string of the molecule is CC(C)C[C@H](NC(=O)[C@@H](Cc1ccccc1)NC(=O)[C@H](CO)NC(=O)[C@H](Cc1ccccc1)NC(=O)CNC(=O)[C@@H]1C[C@@H](O)CN1C(=O)[C@@H]1CCCN1C(=O)[C@H](CCCN=C(N)N)NC(=O)[C@H](N)CCCN=C(N)N)C(=O)N[C@@H](CS)C(=O)O. The maximum absolute atomic E-state index is 14.4. The maximum Gasteiger partial charge on any atom is 0.327 e. The number of benzene rings is 2. The minimum atomic E-state index is -1.71. The van der Waals surface area contributed by atoms with Crippen molar-refractivity contribution in [2.75, 3.05) is 45.1 Å². The number of carboxylic acids is 1. The smallest absolute Gasteiger partial charge is 0.327 e. The van der Waals surface area contributed by atoms with Crippen molar-refractivity contribution >= 4 is 83.7 Å². The Balaban J connectivity index is 1.47. The first-order chi connectivity index (χ1) is 39.9. The Morgan fingerprint density at radius 3 is 1.69 bits per heavy atom. The van der Waals surface area contributed by atoms with Crippen LogP contribution in [-0.2, 0) is 60.8 Å². The number of nitrogens with one attached hydrogen (secondary N) is 7. The van der Waals surface area contributed by atoms with E-state index < -0.39 is 133 Å². The number of aliphatic hydroxyl groups excluding tert-OH is 2. The normalized spacial score (nSPS) is 18.1. The minimum Gasteiger partial charge on any atom is -0.480 e. The number of carbonyl (C=O) groups excluding carboxylic acids is 9. The van der Waals surface area contributed by atoms with Gasteiger partial charge >= 0.3 is 5.97 Å². The van der Waals surface area contributed by atoms with E-state index in [0.29, 0.717) is 24.0 Å². The molecular formula is C54H82N16O13S. The average Bonchev–Trinajstić information content (AvgIpc) is 2.91. The first kappa shape index (κ1) is 68.4. The van der Waals surface area contributed by atoms with Gasteiger partial charge in [0.05, 0.1) is 25.3 Å². The van der Waals surface area contributed by atoms with Crippen LogP contribution in [0.1, 0.15) is 76.3 Å². The van der Waals surface area contributed by atoms with Crippen LogP contribution in [0.15, 0.2) is 70.6 Å². The highest BCUT2D eigenvalue weighted by molar-refractivity contribution is 7.80. The van der Waals surface area contributed by atoms with E-state index in [9.17, 15) is 63.3 Å². The van der Waals surface area contributed by atoms with Crippen LogP contribution >= 0.6 is 12.6 Å². The first-order valence-electron chi connectivity index (χ1n) is 27.7. The fraction of sp³-hybridized carbons (Fsp3) is 0.556. The molecule has 84 heavy (non-hydrogen) atoms. The number of aliphatic hydroxyl groups is 2. The molecule has 2 saturated heterocycles. The summed E-state index contributed by atoms with van der Waals surface area (Å²) in [5.74, 6) is -9.25. The molecule has 4 rings (SSSR count). The highest BCUT2D eigenvalue weighted by Crippen LogP contribution is 2.27. The molecule has 0 aromatic heterocycles. The third-order valence-electron chi connectivity index (χ3n) is 13.8. The van der Waals surface area contributed by atoms with Gasteiger partial charge in [-0.25, -0.2) is 4.79 Å². The second kappa shape index (κ2) is 34.5. The number of likely N-dealkylation sites (tertiary alicyclic amines) is 2. The predicted octanol–water partition coefficient (Wildman–Crippen LogP) is -5.06. The highest BCUT2D eigenvalue weighted by atomic mass is 32.1. The van der Waals surface area contributed by atoms with Crippen LogP contribution in [0.25, 0.3) is 0 Å². The Morgan fingerprint density at radius 1 is 0.655 bits per heavy atom. The van der Waals surface area contributed by atoms with Gasteiger partial charge < -0.3 is 91.0 Å².